The number of alkyl halides is 3. The number of aliphatic hydroxyl groups excluding tert-OH is 1. The summed E-state index contributed by atoms with van der Waals surface area (Å²) in [6.07, 6.45) is -5.32. The zero-order chi connectivity index (χ0) is 19.4. The first-order chi connectivity index (χ1) is 11.3. The summed E-state index contributed by atoms with van der Waals surface area (Å²) in [6.45, 7) is 9.32. The first-order valence-electron chi connectivity index (χ1n) is 8.34. The summed E-state index contributed by atoms with van der Waals surface area (Å²) in [5.41, 5.74) is -0.206. The van der Waals surface area contributed by atoms with Crippen LogP contribution in [0.5, 0.6) is 0 Å². The predicted molar refractivity (Wildman–Crippen MR) is 89.9 cm³/mol. The molecule has 0 bridgehead atoms. The second-order valence-electron chi connectivity index (χ2n) is 7.78. The minimum atomic E-state index is -4.39. The van der Waals surface area contributed by atoms with Crippen molar-refractivity contribution in [3.8, 4) is 0 Å². The molecule has 1 aromatic rings. The molecule has 0 fully saturated rings. The molecule has 0 heterocycles. The highest BCUT2D eigenvalue weighted by atomic mass is 19.4. The second kappa shape index (κ2) is 8.21. The van der Waals surface area contributed by atoms with Crippen molar-refractivity contribution in [1.82, 2.24) is 0 Å². The lowest BCUT2D eigenvalue weighted by molar-refractivity contribution is -0.159. The molecular weight excluding hydrogens is 333 g/mol. The van der Waals surface area contributed by atoms with Gasteiger partial charge in [0.05, 0.1) is 17.6 Å². The molecule has 1 aromatic carbocycles. The fourth-order valence-corrected chi connectivity index (χ4v) is 2.64. The van der Waals surface area contributed by atoms with Crippen LogP contribution in [0.1, 0.15) is 52.2 Å². The number of hydrogen-bond acceptors (Lipinski definition) is 3. The zero-order valence-corrected chi connectivity index (χ0v) is 15.4. The predicted octanol–water partition coefficient (Wildman–Crippen LogP) is 4.61. The summed E-state index contributed by atoms with van der Waals surface area (Å²) in [7, 11) is 0. The number of rotatable bonds is 6. The molecule has 0 spiro atoms. The molecule has 1 N–H and O–H groups in total. The Bertz CT molecular complexity index is 557. The summed E-state index contributed by atoms with van der Waals surface area (Å²) in [5, 5.41) is 9.86. The highest BCUT2D eigenvalue weighted by molar-refractivity contribution is 5.72. The van der Waals surface area contributed by atoms with E-state index in [2.05, 4.69) is 0 Å². The van der Waals surface area contributed by atoms with E-state index in [0.29, 0.717) is 12.0 Å². The molecule has 0 radical (unpaired) electrons. The average molecular weight is 360 g/mol. The first-order valence-corrected chi connectivity index (χ1v) is 8.34. The first kappa shape index (κ1) is 21.5. The summed E-state index contributed by atoms with van der Waals surface area (Å²) in [5.74, 6) is -0.735. The van der Waals surface area contributed by atoms with Gasteiger partial charge < -0.3 is 9.84 Å². The van der Waals surface area contributed by atoms with Crippen molar-refractivity contribution in [1.29, 1.82) is 0 Å². The number of carbonyl (C=O) groups is 1. The lowest BCUT2D eigenvalue weighted by atomic mass is 9.85. The maximum Gasteiger partial charge on any atom is 0.416 e. The average Bonchev–Trinajstić information content (AvgIpc) is 2.44. The van der Waals surface area contributed by atoms with E-state index in [0.717, 1.165) is 12.1 Å². The quantitative estimate of drug-likeness (QED) is 0.754. The molecule has 25 heavy (non-hydrogen) atoms. The number of benzene rings is 1. The fraction of sp³-hybridized carbons (Fsp3) is 0.632. The van der Waals surface area contributed by atoms with Crippen molar-refractivity contribution in [2.24, 2.45) is 11.3 Å². The highest BCUT2D eigenvalue weighted by Gasteiger charge is 2.30. The molecule has 1 rings (SSSR count). The highest BCUT2D eigenvalue weighted by Crippen LogP contribution is 2.29. The lowest BCUT2D eigenvalue weighted by Crippen LogP contribution is -2.34. The maximum absolute atomic E-state index is 12.6. The van der Waals surface area contributed by atoms with Gasteiger partial charge in [-0.25, -0.2) is 0 Å². The Balaban J connectivity index is 2.76. The van der Waals surface area contributed by atoms with Gasteiger partial charge in [-0.1, -0.05) is 39.8 Å². The fourth-order valence-electron chi connectivity index (χ4n) is 2.64. The standard InChI is InChI=1S/C19H27F3O3/c1-12(11-18(3,4)5)17(24)25-16(13(2)23)10-14-6-8-15(9-7-14)19(20,21)22/h6-9,12-13,16,23H,10-11H2,1-5H3/t12-,13?,16+/m0/s1. The number of hydrogen-bond donors (Lipinski definition) is 1. The third kappa shape index (κ3) is 7.46. The Labute approximate surface area is 147 Å². The van der Waals surface area contributed by atoms with Gasteiger partial charge >= 0.3 is 12.1 Å². The number of ether oxygens (including phenoxy) is 1. The molecule has 0 saturated heterocycles. The van der Waals surface area contributed by atoms with Crippen LogP contribution in [-0.2, 0) is 22.1 Å². The monoisotopic (exact) mass is 360 g/mol. The Morgan fingerprint density at radius 3 is 2.04 bits per heavy atom. The zero-order valence-electron chi connectivity index (χ0n) is 15.4. The second-order valence-corrected chi connectivity index (χ2v) is 7.78. The normalized spacial score (nSPS) is 16.2. The molecule has 0 aliphatic heterocycles. The number of esters is 1. The van der Waals surface area contributed by atoms with Gasteiger partial charge in [-0.2, -0.15) is 13.2 Å². The van der Waals surface area contributed by atoms with Gasteiger partial charge in [-0.3, -0.25) is 4.79 Å². The van der Waals surface area contributed by atoms with Crippen LogP contribution in [0.25, 0.3) is 0 Å². The van der Waals surface area contributed by atoms with Gasteiger partial charge in [0.1, 0.15) is 6.10 Å². The van der Waals surface area contributed by atoms with Crippen LogP contribution in [-0.4, -0.2) is 23.3 Å². The molecule has 3 nitrogen and oxygen atoms in total. The Hall–Kier alpha value is -1.56. The smallest absolute Gasteiger partial charge is 0.416 e. The van der Waals surface area contributed by atoms with Crippen LogP contribution < -0.4 is 0 Å². The van der Waals surface area contributed by atoms with E-state index in [9.17, 15) is 23.1 Å². The van der Waals surface area contributed by atoms with Crippen molar-refractivity contribution in [3.63, 3.8) is 0 Å². The SMILES string of the molecule is CC(O)[C@@H](Cc1ccc(C(F)(F)F)cc1)OC(=O)[C@@H](C)CC(C)(C)C. The number of carbonyl (C=O) groups excluding carboxylic acids is 1. The molecule has 0 saturated carbocycles. The summed E-state index contributed by atoms with van der Waals surface area (Å²) < 4.78 is 43.2. The molecule has 1 unspecified atom stereocenters. The van der Waals surface area contributed by atoms with Gasteiger partial charge in [0.2, 0.25) is 0 Å². The van der Waals surface area contributed by atoms with Gasteiger partial charge in [0, 0.05) is 6.42 Å². The van der Waals surface area contributed by atoms with E-state index < -0.39 is 29.9 Å². The molecule has 6 heteroatoms. The molecule has 3 atom stereocenters. The third-order valence-corrected chi connectivity index (χ3v) is 3.84. The van der Waals surface area contributed by atoms with E-state index in [-0.39, 0.29) is 17.8 Å². The number of halogens is 3. The van der Waals surface area contributed by atoms with Crippen molar-refractivity contribution < 1.29 is 27.8 Å². The number of aliphatic hydroxyl groups is 1. The summed E-state index contributed by atoms with van der Waals surface area (Å²) >= 11 is 0. The van der Waals surface area contributed by atoms with Crippen LogP contribution in [0.2, 0.25) is 0 Å². The Morgan fingerprint density at radius 1 is 1.12 bits per heavy atom. The van der Waals surface area contributed by atoms with Crippen LogP contribution in [0.4, 0.5) is 13.2 Å². The van der Waals surface area contributed by atoms with Crippen molar-refractivity contribution in [2.45, 2.75) is 65.8 Å². The molecule has 0 aliphatic carbocycles. The van der Waals surface area contributed by atoms with Crippen LogP contribution in [0, 0.1) is 11.3 Å². The third-order valence-electron chi connectivity index (χ3n) is 3.84. The van der Waals surface area contributed by atoms with Crippen LogP contribution in [0.15, 0.2) is 24.3 Å². The van der Waals surface area contributed by atoms with E-state index >= 15 is 0 Å². The van der Waals surface area contributed by atoms with E-state index in [4.69, 9.17) is 4.74 Å². The minimum Gasteiger partial charge on any atom is -0.459 e. The molecule has 0 aromatic heterocycles. The summed E-state index contributed by atoms with van der Waals surface area (Å²) in [6, 6.07) is 4.65. The van der Waals surface area contributed by atoms with Crippen molar-refractivity contribution in [2.75, 3.05) is 0 Å². The molecule has 142 valence electrons. The van der Waals surface area contributed by atoms with Gasteiger partial charge in [0.15, 0.2) is 0 Å². The van der Waals surface area contributed by atoms with Crippen LogP contribution >= 0.6 is 0 Å². The van der Waals surface area contributed by atoms with Crippen molar-refractivity contribution >= 4 is 5.97 Å². The topological polar surface area (TPSA) is 46.5 Å². The maximum atomic E-state index is 12.6. The molecular formula is C19H27F3O3. The molecule has 0 amide bonds. The van der Waals surface area contributed by atoms with Gasteiger partial charge in [-0.05, 0) is 36.5 Å². The van der Waals surface area contributed by atoms with E-state index in [1.54, 1.807) is 6.92 Å². The Kier molecular flexibility index (Phi) is 7.06. The van der Waals surface area contributed by atoms with Crippen molar-refractivity contribution in [3.05, 3.63) is 35.4 Å². The van der Waals surface area contributed by atoms with E-state index in [1.165, 1.54) is 19.1 Å². The van der Waals surface area contributed by atoms with E-state index in [1.807, 2.05) is 20.8 Å². The minimum absolute atomic E-state index is 0.0355. The summed E-state index contributed by atoms with van der Waals surface area (Å²) in [4.78, 5) is 12.2. The van der Waals surface area contributed by atoms with Crippen LogP contribution in [0.3, 0.4) is 0 Å². The molecule has 0 aliphatic rings. The van der Waals surface area contributed by atoms with Gasteiger partial charge in [0.25, 0.3) is 0 Å². The Morgan fingerprint density at radius 2 is 1.64 bits per heavy atom. The largest absolute Gasteiger partial charge is 0.459 e. The lowest BCUT2D eigenvalue weighted by Gasteiger charge is -2.26. The van der Waals surface area contributed by atoms with Gasteiger partial charge in [-0.15, -0.1) is 0 Å².